The van der Waals surface area contributed by atoms with Crippen LogP contribution in [-0.2, 0) is 14.8 Å². The van der Waals surface area contributed by atoms with Crippen LogP contribution < -0.4 is 4.72 Å². The molecule has 0 aromatic carbocycles. The normalized spacial score (nSPS) is 14.1. The van der Waals surface area contributed by atoms with E-state index in [1.165, 1.54) is 6.33 Å². The Hall–Kier alpha value is -0.990. The summed E-state index contributed by atoms with van der Waals surface area (Å²) in [7, 11) is -3.37. The third kappa shape index (κ3) is 5.24. The standard InChI is InChI=1S/C9H18N4O3S/c1-7(2)16-4-5-17(14,15)13-8(3)9-10-6-11-12-9/h6-8,13H,4-5H2,1-3H3,(H,10,11,12). The predicted octanol–water partition coefficient (Wildman–Crippen LogP) is 0.210. The van der Waals surface area contributed by atoms with Crippen LogP contribution in [0.2, 0.25) is 0 Å². The number of aromatic amines is 1. The Kier molecular flexibility index (Phi) is 5.03. The lowest BCUT2D eigenvalue weighted by molar-refractivity contribution is 0.0911. The smallest absolute Gasteiger partial charge is 0.214 e. The van der Waals surface area contributed by atoms with Crippen LogP contribution in [-0.4, -0.2) is 42.1 Å². The molecule has 1 atom stereocenters. The van der Waals surface area contributed by atoms with E-state index in [1.54, 1.807) is 6.92 Å². The van der Waals surface area contributed by atoms with Crippen molar-refractivity contribution in [2.75, 3.05) is 12.4 Å². The van der Waals surface area contributed by atoms with Crippen molar-refractivity contribution in [1.29, 1.82) is 0 Å². The van der Waals surface area contributed by atoms with Gasteiger partial charge in [-0.25, -0.2) is 18.1 Å². The molecule has 0 saturated heterocycles. The average molecular weight is 262 g/mol. The minimum Gasteiger partial charge on any atom is -0.378 e. The molecule has 0 spiro atoms. The van der Waals surface area contributed by atoms with E-state index in [2.05, 4.69) is 19.9 Å². The fourth-order valence-corrected chi connectivity index (χ4v) is 2.28. The highest BCUT2D eigenvalue weighted by molar-refractivity contribution is 7.89. The molecule has 0 radical (unpaired) electrons. The Morgan fingerprint density at radius 3 is 2.71 bits per heavy atom. The molecule has 1 aromatic rings. The van der Waals surface area contributed by atoms with Crippen molar-refractivity contribution in [2.45, 2.75) is 32.9 Å². The van der Waals surface area contributed by atoms with Crippen molar-refractivity contribution in [2.24, 2.45) is 0 Å². The Morgan fingerprint density at radius 1 is 1.47 bits per heavy atom. The molecular weight excluding hydrogens is 244 g/mol. The van der Waals surface area contributed by atoms with Crippen molar-refractivity contribution >= 4 is 10.0 Å². The lowest BCUT2D eigenvalue weighted by Gasteiger charge is -2.12. The van der Waals surface area contributed by atoms with E-state index in [1.807, 2.05) is 13.8 Å². The molecule has 0 aliphatic heterocycles. The Morgan fingerprint density at radius 2 is 2.18 bits per heavy atom. The molecule has 1 unspecified atom stereocenters. The largest absolute Gasteiger partial charge is 0.378 e. The van der Waals surface area contributed by atoms with Crippen molar-refractivity contribution in [3.05, 3.63) is 12.2 Å². The van der Waals surface area contributed by atoms with Crippen molar-refractivity contribution in [3.63, 3.8) is 0 Å². The summed E-state index contributed by atoms with van der Waals surface area (Å²) in [5.74, 6) is 0.419. The van der Waals surface area contributed by atoms with Gasteiger partial charge in [-0.15, -0.1) is 0 Å². The summed E-state index contributed by atoms with van der Waals surface area (Å²) in [6, 6.07) is -0.429. The van der Waals surface area contributed by atoms with E-state index >= 15 is 0 Å². The maximum atomic E-state index is 11.7. The summed E-state index contributed by atoms with van der Waals surface area (Å²) < 4.78 is 31.0. The van der Waals surface area contributed by atoms with Gasteiger partial charge >= 0.3 is 0 Å². The summed E-state index contributed by atoms with van der Waals surface area (Å²) in [5, 5.41) is 6.28. The van der Waals surface area contributed by atoms with Gasteiger partial charge < -0.3 is 4.74 Å². The van der Waals surface area contributed by atoms with Crippen LogP contribution in [0.5, 0.6) is 0 Å². The van der Waals surface area contributed by atoms with E-state index in [4.69, 9.17) is 4.74 Å². The van der Waals surface area contributed by atoms with Gasteiger partial charge in [0.25, 0.3) is 0 Å². The van der Waals surface area contributed by atoms with E-state index in [0.717, 1.165) is 0 Å². The van der Waals surface area contributed by atoms with Crippen LogP contribution in [0.25, 0.3) is 0 Å². The van der Waals surface area contributed by atoms with Crippen LogP contribution in [0.15, 0.2) is 6.33 Å². The van der Waals surface area contributed by atoms with Gasteiger partial charge in [0, 0.05) is 0 Å². The minimum absolute atomic E-state index is 0.0249. The number of hydrogen-bond donors (Lipinski definition) is 2. The van der Waals surface area contributed by atoms with Crippen molar-refractivity contribution in [1.82, 2.24) is 19.9 Å². The molecule has 7 nitrogen and oxygen atoms in total. The van der Waals surface area contributed by atoms with Gasteiger partial charge in [0.2, 0.25) is 10.0 Å². The minimum atomic E-state index is -3.37. The molecule has 1 aromatic heterocycles. The summed E-state index contributed by atoms with van der Waals surface area (Å²) in [4.78, 5) is 3.88. The van der Waals surface area contributed by atoms with Gasteiger partial charge in [0.15, 0.2) is 0 Å². The molecule has 0 aliphatic rings. The van der Waals surface area contributed by atoms with E-state index in [0.29, 0.717) is 5.82 Å². The third-order valence-corrected chi connectivity index (χ3v) is 3.42. The average Bonchev–Trinajstić information content (AvgIpc) is 2.68. The van der Waals surface area contributed by atoms with Gasteiger partial charge in [-0.05, 0) is 20.8 Å². The lowest BCUT2D eigenvalue weighted by atomic mass is 10.3. The second-order valence-electron chi connectivity index (χ2n) is 3.95. The van der Waals surface area contributed by atoms with Crippen LogP contribution in [0.3, 0.4) is 0 Å². The first kappa shape index (κ1) is 14.1. The molecule has 0 amide bonds. The number of H-pyrrole nitrogens is 1. The van der Waals surface area contributed by atoms with E-state index < -0.39 is 16.1 Å². The molecule has 1 heterocycles. The quantitative estimate of drug-likeness (QED) is 0.732. The van der Waals surface area contributed by atoms with Gasteiger partial charge in [-0.2, -0.15) is 5.10 Å². The molecule has 2 N–H and O–H groups in total. The maximum Gasteiger partial charge on any atom is 0.214 e. The summed E-state index contributed by atoms with van der Waals surface area (Å²) >= 11 is 0. The first-order valence-corrected chi connectivity index (χ1v) is 7.03. The topological polar surface area (TPSA) is 97.0 Å². The Bertz CT molecular complexity index is 415. The fraction of sp³-hybridized carbons (Fsp3) is 0.778. The van der Waals surface area contributed by atoms with Crippen LogP contribution in [0.1, 0.15) is 32.6 Å². The number of nitrogens with one attached hydrogen (secondary N) is 2. The molecule has 0 aliphatic carbocycles. The van der Waals surface area contributed by atoms with Gasteiger partial charge in [-0.1, -0.05) is 0 Å². The predicted molar refractivity (Wildman–Crippen MR) is 62.8 cm³/mol. The summed E-state index contributed by atoms with van der Waals surface area (Å²) in [6.07, 6.45) is 1.36. The molecule has 0 bridgehead atoms. The highest BCUT2D eigenvalue weighted by atomic mass is 32.2. The van der Waals surface area contributed by atoms with E-state index in [-0.39, 0.29) is 18.5 Å². The van der Waals surface area contributed by atoms with Crippen LogP contribution in [0.4, 0.5) is 0 Å². The Balaban J connectivity index is 2.44. The van der Waals surface area contributed by atoms with Crippen LogP contribution in [0, 0.1) is 0 Å². The van der Waals surface area contributed by atoms with Crippen molar-refractivity contribution in [3.8, 4) is 0 Å². The van der Waals surface area contributed by atoms with Crippen molar-refractivity contribution < 1.29 is 13.2 Å². The molecule has 8 heteroatoms. The van der Waals surface area contributed by atoms with Gasteiger partial charge in [0.1, 0.15) is 12.2 Å². The van der Waals surface area contributed by atoms with Crippen LogP contribution >= 0.6 is 0 Å². The number of ether oxygens (including phenoxy) is 1. The molecule has 17 heavy (non-hydrogen) atoms. The number of hydrogen-bond acceptors (Lipinski definition) is 5. The third-order valence-electron chi connectivity index (χ3n) is 2.00. The SMILES string of the molecule is CC(C)OCCS(=O)(=O)NC(C)c1ncn[nH]1. The highest BCUT2D eigenvalue weighted by Gasteiger charge is 2.17. The maximum absolute atomic E-state index is 11.7. The number of aromatic nitrogens is 3. The number of rotatable bonds is 7. The molecule has 1 rings (SSSR count). The second kappa shape index (κ2) is 6.08. The molecular formula is C9H18N4O3S. The summed E-state index contributed by atoms with van der Waals surface area (Å²) in [5.41, 5.74) is 0. The Labute approximate surface area is 101 Å². The zero-order chi connectivity index (χ0) is 12.9. The zero-order valence-electron chi connectivity index (χ0n) is 10.2. The van der Waals surface area contributed by atoms with E-state index in [9.17, 15) is 8.42 Å². The van der Waals surface area contributed by atoms with Gasteiger partial charge in [0.05, 0.1) is 24.5 Å². The first-order valence-electron chi connectivity index (χ1n) is 5.37. The molecule has 0 fully saturated rings. The number of sulfonamides is 1. The lowest BCUT2D eigenvalue weighted by Crippen LogP contribution is -2.31. The highest BCUT2D eigenvalue weighted by Crippen LogP contribution is 2.06. The first-order chi connectivity index (χ1) is 7.91. The van der Waals surface area contributed by atoms with Gasteiger partial charge in [-0.3, -0.25) is 5.10 Å². The monoisotopic (exact) mass is 262 g/mol. The number of nitrogens with zero attached hydrogens (tertiary/aromatic N) is 2. The second-order valence-corrected chi connectivity index (χ2v) is 5.82. The summed E-state index contributed by atoms with van der Waals surface area (Å²) in [6.45, 7) is 5.59. The molecule has 0 saturated carbocycles. The zero-order valence-corrected chi connectivity index (χ0v) is 11.0. The fourth-order valence-electron chi connectivity index (χ4n) is 1.20. The molecule has 98 valence electrons.